The first-order valence-corrected chi connectivity index (χ1v) is 10.9. The predicted molar refractivity (Wildman–Crippen MR) is 112 cm³/mol. The summed E-state index contributed by atoms with van der Waals surface area (Å²) in [7, 11) is 0. The molecular formula is C25H18F4N4O. The molecule has 0 N–H and O–H groups in total. The van der Waals surface area contributed by atoms with E-state index in [9.17, 15) is 14.0 Å². The van der Waals surface area contributed by atoms with E-state index in [-0.39, 0.29) is 29.0 Å². The Morgan fingerprint density at radius 3 is 2.00 bits per heavy atom. The van der Waals surface area contributed by atoms with Gasteiger partial charge < -0.3 is 9.64 Å². The molecule has 4 atom stereocenters. The number of allylic oxidation sites excluding steroid dienone is 2. The number of benzene rings is 1. The van der Waals surface area contributed by atoms with Gasteiger partial charge in [0, 0.05) is 5.57 Å². The molecule has 1 saturated heterocycles. The van der Waals surface area contributed by atoms with Crippen LogP contribution in [0.2, 0.25) is 0 Å². The molecule has 9 heteroatoms. The van der Waals surface area contributed by atoms with Gasteiger partial charge in [0.05, 0.1) is 17.6 Å². The lowest BCUT2D eigenvalue weighted by molar-refractivity contribution is 0.0954. The van der Waals surface area contributed by atoms with E-state index in [1.165, 1.54) is 18.7 Å². The smallest absolute Gasteiger partial charge is 0.185 e. The first-order valence-electron chi connectivity index (χ1n) is 10.9. The molecule has 4 aliphatic rings. The third-order valence-corrected chi connectivity index (χ3v) is 7.40. The van der Waals surface area contributed by atoms with Crippen molar-refractivity contribution in [3.63, 3.8) is 0 Å². The molecule has 5 rings (SSSR count). The monoisotopic (exact) mass is 466 g/mol. The highest BCUT2D eigenvalue weighted by Gasteiger charge is 2.65. The molecule has 0 amide bonds. The van der Waals surface area contributed by atoms with Crippen LogP contribution >= 0.6 is 0 Å². The molecule has 2 aliphatic carbocycles. The Kier molecular flexibility index (Phi) is 4.78. The largest absolute Gasteiger partial charge is 0.480 e. The van der Waals surface area contributed by atoms with Crippen molar-refractivity contribution < 1.29 is 22.3 Å². The molecule has 172 valence electrons. The van der Waals surface area contributed by atoms with Crippen molar-refractivity contribution in [3.8, 4) is 18.2 Å². The van der Waals surface area contributed by atoms with Crippen molar-refractivity contribution in [3.05, 3.63) is 57.4 Å². The van der Waals surface area contributed by atoms with E-state index in [1.807, 2.05) is 6.07 Å². The van der Waals surface area contributed by atoms with Crippen LogP contribution in [0.4, 0.5) is 23.2 Å². The van der Waals surface area contributed by atoms with Gasteiger partial charge in [0.2, 0.25) is 0 Å². The van der Waals surface area contributed by atoms with Crippen LogP contribution in [-0.2, 0) is 4.74 Å². The maximum Gasteiger partial charge on any atom is 0.185 e. The number of fused-ring (bicyclic) bond motifs is 5. The fourth-order valence-corrected chi connectivity index (χ4v) is 5.91. The van der Waals surface area contributed by atoms with Crippen LogP contribution in [0.5, 0.6) is 0 Å². The maximum absolute atomic E-state index is 15.0. The van der Waals surface area contributed by atoms with Gasteiger partial charge >= 0.3 is 0 Å². The van der Waals surface area contributed by atoms with Crippen molar-refractivity contribution in [2.24, 2.45) is 11.8 Å². The van der Waals surface area contributed by atoms with Gasteiger partial charge in [-0.1, -0.05) is 6.08 Å². The van der Waals surface area contributed by atoms with E-state index in [4.69, 9.17) is 15.3 Å². The van der Waals surface area contributed by atoms with E-state index in [2.05, 4.69) is 0 Å². The van der Waals surface area contributed by atoms with Crippen LogP contribution in [0.3, 0.4) is 0 Å². The molecule has 1 aromatic rings. The Bertz CT molecular complexity index is 1290. The van der Waals surface area contributed by atoms with Gasteiger partial charge in [-0.15, -0.1) is 0 Å². The minimum atomic E-state index is -1.52. The van der Waals surface area contributed by atoms with Gasteiger partial charge in [-0.3, -0.25) is 0 Å². The lowest BCUT2D eigenvalue weighted by atomic mass is 9.94. The number of piperidine rings is 1. The SMILES string of the molecule is CC1(C)OC(=C(C#N)C#N)C(C#N)=C1/C=C/c1c(F)c(F)c(N2C3C4CCC(C4)C32)c(F)c1F. The summed E-state index contributed by atoms with van der Waals surface area (Å²) < 4.78 is 65.5. The van der Waals surface area contributed by atoms with Crippen molar-refractivity contribution in [1.82, 2.24) is 0 Å². The molecule has 0 spiro atoms. The molecule has 2 aliphatic heterocycles. The number of halogens is 4. The zero-order valence-electron chi connectivity index (χ0n) is 18.3. The van der Waals surface area contributed by atoms with Crippen LogP contribution in [0.1, 0.15) is 38.7 Å². The number of nitrogens with zero attached hydrogens (tertiary/aromatic N) is 4. The fraction of sp³-hybridized carbons (Fsp3) is 0.400. The molecule has 0 aromatic heterocycles. The van der Waals surface area contributed by atoms with Crippen LogP contribution < -0.4 is 4.90 Å². The van der Waals surface area contributed by atoms with Crippen LogP contribution in [-0.4, -0.2) is 17.7 Å². The van der Waals surface area contributed by atoms with Gasteiger partial charge in [0.15, 0.2) is 34.6 Å². The minimum Gasteiger partial charge on any atom is -0.480 e. The molecule has 2 saturated carbocycles. The van der Waals surface area contributed by atoms with E-state index in [0.29, 0.717) is 11.8 Å². The average molecular weight is 466 g/mol. The van der Waals surface area contributed by atoms with E-state index in [1.54, 1.807) is 12.1 Å². The predicted octanol–water partition coefficient (Wildman–Crippen LogP) is 5.17. The Morgan fingerprint density at radius 1 is 0.941 bits per heavy atom. The summed E-state index contributed by atoms with van der Waals surface area (Å²) in [6, 6.07) is 4.96. The molecule has 3 fully saturated rings. The third kappa shape index (κ3) is 2.88. The van der Waals surface area contributed by atoms with Gasteiger partial charge in [-0.05, 0) is 51.0 Å². The van der Waals surface area contributed by atoms with E-state index in [0.717, 1.165) is 31.4 Å². The van der Waals surface area contributed by atoms with Crippen LogP contribution in [0.25, 0.3) is 6.08 Å². The second kappa shape index (κ2) is 7.37. The summed E-state index contributed by atoms with van der Waals surface area (Å²) in [5.41, 5.74) is -3.33. The minimum absolute atomic E-state index is 0.0672. The fourth-order valence-electron chi connectivity index (χ4n) is 5.91. The number of hydrogen-bond donors (Lipinski definition) is 0. The van der Waals surface area contributed by atoms with Crippen molar-refractivity contribution in [2.75, 3.05) is 4.90 Å². The van der Waals surface area contributed by atoms with Gasteiger partial charge in [0.1, 0.15) is 35.1 Å². The first-order chi connectivity index (χ1) is 16.2. The van der Waals surface area contributed by atoms with Crippen LogP contribution in [0.15, 0.2) is 28.6 Å². The van der Waals surface area contributed by atoms with E-state index >= 15 is 8.78 Å². The lowest BCUT2D eigenvalue weighted by Crippen LogP contribution is -2.21. The molecule has 2 heterocycles. The summed E-state index contributed by atoms with van der Waals surface area (Å²) >= 11 is 0. The topological polar surface area (TPSA) is 83.6 Å². The molecule has 34 heavy (non-hydrogen) atoms. The number of rotatable bonds is 3. The molecule has 0 radical (unpaired) electrons. The second-order valence-electron chi connectivity index (χ2n) is 9.51. The highest BCUT2D eigenvalue weighted by atomic mass is 19.2. The normalized spacial score (nSPS) is 28.0. The highest BCUT2D eigenvalue weighted by Crippen LogP contribution is 2.60. The second-order valence-corrected chi connectivity index (χ2v) is 9.51. The Hall–Kier alpha value is -3.77. The van der Waals surface area contributed by atoms with E-state index < -0.39 is 45.7 Å². The molecule has 2 bridgehead atoms. The summed E-state index contributed by atoms with van der Waals surface area (Å²) in [4.78, 5) is 1.47. The lowest BCUT2D eigenvalue weighted by Gasteiger charge is -2.20. The quantitative estimate of drug-likeness (QED) is 0.266. The molecular weight excluding hydrogens is 448 g/mol. The highest BCUT2D eigenvalue weighted by molar-refractivity contribution is 5.68. The summed E-state index contributed by atoms with van der Waals surface area (Å²) in [5.74, 6) is -5.59. The Morgan fingerprint density at radius 2 is 1.50 bits per heavy atom. The summed E-state index contributed by atoms with van der Waals surface area (Å²) in [6.07, 6.45) is 4.87. The number of hydrogen-bond acceptors (Lipinski definition) is 5. The van der Waals surface area contributed by atoms with Crippen LogP contribution in [0, 0.1) is 69.1 Å². The van der Waals surface area contributed by atoms with Gasteiger partial charge in [0.25, 0.3) is 0 Å². The van der Waals surface area contributed by atoms with Crippen molar-refractivity contribution in [1.29, 1.82) is 15.8 Å². The number of ether oxygens (including phenoxy) is 1. The van der Waals surface area contributed by atoms with Gasteiger partial charge in [-0.2, -0.15) is 15.8 Å². The van der Waals surface area contributed by atoms with Crippen molar-refractivity contribution >= 4 is 11.8 Å². The van der Waals surface area contributed by atoms with Gasteiger partial charge in [-0.25, -0.2) is 17.6 Å². The van der Waals surface area contributed by atoms with Crippen molar-refractivity contribution in [2.45, 2.75) is 50.8 Å². The molecule has 5 nitrogen and oxygen atoms in total. The molecule has 4 unspecified atom stereocenters. The first kappa shape index (κ1) is 22.0. The number of nitriles is 3. The summed E-state index contributed by atoms with van der Waals surface area (Å²) in [5, 5.41) is 27.8. The maximum atomic E-state index is 15.0. The zero-order chi connectivity index (χ0) is 24.5. The Labute approximate surface area is 193 Å². The summed E-state index contributed by atoms with van der Waals surface area (Å²) in [6.45, 7) is 3.04. The third-order valence-electron chi connectivity index (χ3n) is 7.40. The molecule has 1 aromatic carbocycles. The zero-order valence-corrected chi connectivity index (χ0v) is 18.3. The standard InChI is InChI=1S/C25H18F4N4O/c1-25(2)16(15(10-32)24(34-25)13(8-30)9-31)6-5-14-17(26)19(28)23(20(29)18(14)27)33-21-11-3-4-12(7-11)22(21)33/h5-6,11-12,21-22H,3-4,7H2,1-2H3/b6-5+. The average Bonchev–Trinajstić information content (AvgIpc) is 3.09. The Balaban J connectivity index is 1.56. The number of anilines is 1.